The van der Waals surface area contributed by atoms with Gasteiger partial charge in [0, 0.05) is 0 Å². The zero-order valence-electron chi connectivity index (χ0n) is 28.4. The zero-order chi connectivity index (χ0) is 33.0. The van der Waals surface area contributed by atoms with Crippen molar-refractivity contribution in [3.63, 3.8) is 0 Å². The maximum Gasteiger partial charge on any atom is 0.408 e. The van der Waals surface area contributed by atoms with Crippen molar-refractivity contribution in [3.05, 3.63) is 83.9 Å². The lowest BCUT2D eigenvalue weighted by atomic mass is 9.83. The molecule has 0 aliphatic carbocycles. The minimum atomic E-state index is -1.01. The third kappa shape index (κ3) is 13.3. The number of amides is 1. The number of aliphatic hydroxyl groups is 1. The van der Waals surface area contributed by atoms with Crippen LogP contribution in [0, 0.1) is 17.3 Å². The van der Waals surface area contributed by atoms with Crippen LogP contribution in [0.4, 0.5) is 4.79 Å². The first kappa shape index (κ1) is 36.7. The fraction of sp³-hybridized carbons (Fsp3) is 0.595. The highest BCUT2D eigenvalue weighted by Crippen LogP contribution is 2.34. The molecule has 2 aromatic rings. The fourth-order valence-electron chi connectivity index (χ4n) is 5.03. The first-order valence-electron chi connectivity index (χ1n) is 16.1. The fourth-order valence-corrected chi connectivity index (χ4v) is 5.03. The number of rotatable bonds is 14. The van der Waals surface area contributed by atoms with Gasteiger partial charge in [-0.25, -0.2) is 4.79 Å². The number of carbonyl (C=O) groups excluding carboxylic acids is 1. The number of ether oxygens (including phenoxy) is 5. The van der Waals surface area contributed by atoms with E-state index in [1.807, 2.05) is 66.7 Å². The van der Waals surface area contributed by atoms with E-state index in [1.165, 1.54) is 0 Å². The molecule has 1 aliphatic heterocycles. The second-order valence-electron chi connectivity index (χ2n) is 14.3. The molecular formula is C37H55NO7. The largest absolute Gasteiger partial charge is 0.444 e. The Kier molecular flexibility index (Phi) is 14.1. The van der Waals surface area contributed by atoms with E-state index in [0.717, 1.165) is 17.5 Å². The Morgan fingerprint density at radius 2 is 1.51 bits per heavy atom. The van der Waals surface area contributed by atoms with Crippen LogP contribution in [0.15, 0.2) is 72.8 Å². The third-order valence-corrected chi connectivity index (χ3v) is 7.81. The lowest BCUT2D eigenvalue weighted by Crippen LogP contribution is -2.54. The number of hydrogen-bond acceptors (Lipinski definition) is 7. The van der Waals surface area contributed by atoms with Crippen LogP contribution in [0.2, 0.25) is 0 Å². The number of allylic oxidation sites excluding steroid dienone is 1. The molecule has 3 rings (SSSR count). The van der Waals surface area contributed by atoms with Crippen LogP contribution in [-0.2, 0) is 36.9 Å². The average Bonchev–Trinajstić information content (AvgIpc) is 2.96. The van der Waals surface area contributed by atoms with Crippen LogP contribution in [0.1, 0.15) is 72.9 Å². The molecule has 8 nitrogen and oxygen atoms in total. The van der Waals surface area contributed by atoms with Crippen molar-refractivity contribution in [3.8, 4) is 0 Å². The summed E-state index contributed by atoms with van der Waals surface area (Å²) in [6.45, 7) is 17.3. The predicted octanol–water partition coefficient (Wildman–Crippen LogP) is 7.05. The number of nitrogens with one attached hydrogen (secondary N) is 1. The maximum atomic E-state index is 12.8. The minimum absolute atomic E-state index is 0.0190. The molecule has 2 aromatic carbocycles. The molecule has 1 heterocycles. The highest BCUT2D eigenvalue weighted by Gasteiger charge is 2.43. The molecule has 0 aromatic heterocycles. The van der Waals surface area contributed by atoms with Gasteiger partial charge < -0.3 is 34.1 Å². The van der Waals surface area contributed by atoms with Gasteiger partial charge in [-0.1, -0.05) is 107 Å². The number of benzene rings is 2. The smallest absolute Gasteiger partial charge is 0.408 e. The standard InChI is InChI=1S/C37H55NO7/c1-26-27(2)33(42-23-29-18-13-10-14-19-29)34(44-32(26)25-41-22-28-16-11-9-12-17-28)43-24-30(38-35(40)45-37(6,7)8)31(39)20-15-21-36(3,4)5/h9-20,26-27,30-34,39H,21-25H2,1-8H3,(H,38,40)/b20-15+/t26-,27+,30+,31-,32?,33?,34+/m1/s1. The van der Waals surface area contributed by atoms with Crippen LogP contribution < -0.4 is 5.32 Å². The Hall–Kier alpha value is -2.75. The normalized spacial score (nSPS) is 23.9. The van der Waals surface area contributed by atoms with Gasteiger partial charge in [0.1, 0.15) is 11.7 Å². The third-order valence-electron chi connectivity index (χ3n) is 7.81. The zero-order valence-corrected chi connectivity index (χ0v) is 28.4. The van der Waals surface area contributed by atoms with Gasteiger partial charge >= 0.3 is 6.09 Å². The summed E-state index contributed by atoms with van der Waals surface area (Å²) in [5, 5.41) is 14.0. The Morgan fingerprint density at radius 3 is 2.09 bits per heavy atom. The summed E-state index contributed by atoms with van der Waals surface area (Å²) in [5.41, 5.74) is 1.51. The van der Waals surface area contributed by atoms with Gasteiger partial charge in [-0.3, -0.25) is 0 Å². The molecule has 1 saturated heterocycles. The monoisotopic (exact) mass is 625 g/mol. The minimum Gasteiger partial charge on any atom is -0.444 e. The Balaban J connectivity index is 1.76. The first-order valence-corrected chi connectivity index (χ1v) is 16.1. The summed E-state index contributed by atoms with van der Waals surface area (Å²) in [7, 11) is 0. The van der Waals surface area contributed by atoms with Gasteiger partial charge in [0.15, 0.2) is 6.29 Å². The van der Waals surface area contributed by atoms with Crippen molar-refractivity contribution in [1.29, 1.82) is 0 Å². The molecule has 2 unspecified atom stereocenters. The highest BCUT2D eigenvalue weighted by molar-refractivity contribution is 5.68. The van der Waals surface area contributed by atoms with Crippen LogP contribution in [-0.4, -0.2) is 60.7 Å². The van der Waals surface area contributed by atoms with E-state index in [9.17, 15) is 9.90 Å². The van der Waals surface area contributed by atoms with E-state index < -0.39 is 30.1 Å². The second kappa shape index (κ2) is 17.2. The second-order valence-corrected chi connectivity index (χ2v) is 14.3. The summed E-state index contributed by atoms with van der Waals surface area (Å²) in [6, 6.07) is 19.2. The number of aliphatic hydroxyl groups excluding tert-OH is 1. The van der Waals surface area contributed by atoms with E-state index in [0.29, 0.717) is 19.8 Å². The Labute approximate surface area is 270 Å². The van der Waals surface area contributed by atoms with Crippen LogP contribution in [0.25, 0.3) is 0 Å². The molecule has 45 heavy (non-hydrogen) atoms. The molecular weight excluding hydrogens is 570 g/mol. The molecule has 1 amide bonds. The van der Waals surface area contributed by atoms with Crippen LogP contribution in [0.3, 0.4) is 0 Å². The topological polar surface area (TPSA) is 95.5 Å². The van der Waals surface area contributed by atoms with Crippen molar-refractivity contribution in [2.75, 3.05) is 13.2 Å². The molecule has 1 fully saturated rings. The molecule has 0 spiro atoms. The van der Waals surface area contributed by atoms with E-state index in [1.54, 1.807) is 26.8 Å². The summed E-state index contributed by atoms with van der Waals surface area (Å²) < 4.78 is 30.9. The van der Waals surface area contributed by atoms with Crippen LogP contribution >= 0.6 is 0 Å². The first-order chi connectivity index (χ1) is 21.2. The van der Waals surface area contributed by atoms with Gasteiger partial charge in [-0.05, 0) is 55.6 Å². The van der Waals surface area contributed by atoms with Gasteiger partial charge in [0.25, 0.3) is 0 Å². The van der Waals surface area contributed by atoms with Gasteiger partial charge in [0.05, 0.1) is 44.7 Å². The van der Waals surface area contributed by atoms with E-state index in [4.69, 9.17) is 23.7 Å². The quantitative estimate of drug-likeness (QED) is 0.217. The summed E-state index contributed by atoms with van der Waals surface area (Å²) >= 11 is 0. The predicted molar refractivity (Wildman–Crippen MR) is 176 cm³/mol. The Morgan fingerprint density at radius 1 is 0.911 bits per heavy atom. The van der Waals surface area contributed by atoms with E-state index in [2.05, 4.69) is 39.9 Å². The molecule has 250 valence electrons. The van der Waals surface area contributed by atoms with Crippen LogP contribution in [0.5, 0.6) is 0 Å². The number of alkyl carbamates (subject to hydrolysis) is 1. The molecule has 2 N–H and O–H groups in total. The van der Waals surface area contributed by atoms with Gasteiger partial charge in [-0.2, -0.15) is 0 Å². The van der Waals surface area contributed by atoms with Crippen molar-refractivity contribution in [1.82, 2.24) is 5.32 Å². The summed E-state index contributed by atoms with van der Waals surface area (Å²) in [6.07, 6.45) is 1.39. The molecule has 0 radical (unpaired) electrons. The van der Waals surface area contributed by atoms with Crippen molar-refractivity contribution in [2.45, 2.75) is 111 Å². The number of hydrogen-bond donors (Lipinski definition) is 2. The van der Waals surface area contributed by atoms with Gasteiger partial charge in [-0.15, -0.1) is 0 Å². The maximum absolute atomic E-state index is 12.8. The molecule has 7 atom stereocenters. The van der Waals surface area contributed by atoms with Crippen molar-refractivity contribution in [2.24, 2.45) is 17.3 Å². The average molecular weight is 626 g/mol. The molecule has 0 bridgehead atoms. The SMILES string of the molecule is C[C@@H]1C(OCc2ccccc2)[C@@H](OC[C@H](NC(=O)OC(C)(C)C)[C@H](O)/C=C/CC(C)(C)C)OC(COCc2ccccc2)[C@@H]1C. The molecule has 1 aliphatic rings. The summed E-state index contributed by atoms with van der Waals surface area (Å²) in [5.74, 6) is 0.203. The summed E-state index contributed by atoms with van der Waals surface area (Å²) in [4.78, 5) is 12.8. The van der Waals surface area contributed by atoms with E-state index >= 15 is 0 Å². The lowest BCUT2D eigenvalue weighted by molar-refractivity contribution is -0.291. The highest BCUT2D eigenvalue weighted by atomic mass is 16.7. The molecule has 8 heteroatoms. The van der Waals surface area contributed by atoms with Crippen molar-refractivity contribution >= 4 is 6.09 Å². The lowest BCUT2D eigenvalue weighted by Gasteiger charge is -2.44. The molecule has 0 saturated carbocycles. The van der Waals surface area contributed by atoms with Crippen molar-refractivity contribution < 1.29 is 33.6 Å². The van der Waals surface area contributed by atoms with Gasteiger partial charge in [0.2, 0.25) is 0 Å². The van der Waals surface area contributed by atoms with E-state index in [-0.39, 0.29) is 36.1 Å². The number of carbonyl (C=O) groups is 1. The Bertz CT molecular complexity index is 1160.